The molecule has 0 unspecified atom stereocenters. The maximum absolute atomic E-state index is 12.4. The van der Waals surface area contributed by atoms with Crippen LogP contribution in [0.1, 0.15) is 24.3 Å². The van der Waals surface area contributed by atoms with E-state index in [9.17, 15) is 4.79 Å². The summed E-state index contributed by atoms with van der Waals surface area (Å²) in [5.74, 6) is 0.396. The molecule has 1 atom stereocenters. The lowest BCUT2D eigenvalue weighted by Gasteiger charge is -2.23. The number of hydrogen-bond acceptors (Lipinski definition) is 3. The van der Waals surface area contributed by atoms with Gasteiger partial charge < -0.3 is 4.90 Å². The first kappa shape index (κ1) is 13.3. The van der Waals surface area contributed by atoms with Crippen LogP contribution in [0, 0.1) is 5.92 Å². The van der Waals surface area contributed by atoms with Crippen molar-refractivity contribution in [3.05, 3.63) is 41.4 Å². The fourth-order valence-electron chi connectivity index (χ4n) is 2.60. The molecule has 0 radical (unpaired) electrons. The van der Waals surface area contributed by atoms with Gasteiger partial charge in [0.05, 0.1) is 16.8 Å². The maximum Gasteiger partial charge on any atom is 0.226 e. The monoisotopic (exact) mass is 286 g/mol. The highest BCUT2D eigenvalue weighted by Crippen LogP contribution is 2.24. The molecule has 0 saturated heterocycles. The smallest absolute Gasteiger partial charge is 0.226 e. The predicted octanol–water partition coefficient (Wildman–Crippen LogP) is 3.61. The second-order valence-corrected chi connectivity index (χ2v) is 6.37. The van der Waals surface area contributed by atoms with Gasteiger partial charge in [-0.2, -0.15) is 0 Å². The number of aromatic nitrogens is 1. The van der Waals surface area contributed by atoms with Crippen LogP contribution in [0.25, 0.3) is 10.2 Å². The second-order valence-electron chi connectivity index (χ2n) is 5.25. The summed E-state index contributed by atoms with van der Waals surface area (Å²) in [6.45, 7) is 0.610. The molecule has 2 aromatic rings. The number of rotatable bonds is 3. The lowest BCUT2D eigenvalue weighted by atomic mass is 9.93. The van der Waals surface area contributed by atoms with Crippen LogP contribution in [-0.4, -0.2) is 22.8 Å². The fourth-order valence-corrected chi connectivity index (χ4v) is 3.62. The molecule has 20 heavy (non-hydrogen) atoms. The van der Waals surface area contributed by atoms with Gasteiger partial charge in [-0.25, -0.2) is 4.98 Å². The van der Waals surface area contributed by atoms with E-state index in [1.165, 1.54) is 4.70 Å². The summed E-state index contributed by atoms with van der Waals surface area (Å²) in [6.07, 6.45) is 7.16. The molecule has 0 fully saturated rings. The van der Waals surface area contributed by atoms with Crippen molar-refractivity contribution in [1.82, 2.24) is 9.88 Å². The van der Waals surface area contributed by atoms with Gasteiger partial charge in [-0.15, -0.1) is 11.3 Å². The lowest BCUT2D eigenvalue weighted by molar-refractivity contribution is -0.135. The molecule has 0 saturated carbocycles. The zero-order chi connectivity index (χ0) is 13.9. The van der Waals surface area contributed by atoms with Gasteiger partial charge in [0.25, 0.3) is 0 Å². The summed E-state index contributed by atoms with van der Waals surface area (Å²) in [7, 11) is 1.88. The zero-order valence-electron chi connectivity index (χ0n) is 11.6. The Morgan fingerprint density at radius 3 is 3.00 bits per heavy atom. The van der Waals surface area contributed by atoms with Crippen LogP contribution >= 0.6 is 11.3 Å². The number of carbonyl (C=O) groups excluding carboxylic acids is 1. The number of carbonyl (C=O) groups is 1. The quantitative estimate of drug-likeness (QED) is 0.808. The van der Waals surface area contributed by atoms with Crippen molar-refractivity contribution in [2.45, 2.75) is 25.8 Å². The molecular weight excluding hydrogens is 268 g/mol. The third-order valence-corrected chi connectivity index (χ3v) is 4.73. The van der Waals surface area contributed by atoms with Crippen molar-refractivity contribution < 1.29 is 4.79 Å². The maximum atomic E-state index is 12.4. The molecule has 1 aliphatic carbocycles. The van der Waals surface area contributed by atoms with Crippen molar-refractivity contribution in [1.29, 1.82) is 0 Å². The molecule has 3 rings (SSSR count). The molecular formula is C16H18N2OS. The number of benzene rings is 1. The normalized spacial score (nSPS) is 18.4. The Labute approximate surface area is 122 Å². The second kappa shape index (κ2) is 5.75. The zero-order valence-corrected chi connectivity index (χ0v) is 12.4. The minimum Gasteiger partial charge on any atom is -0.339 e. The number of para-hydroxylation sites is 1. The van der Waals surface area contributed by atoms with E-state index in [0.717, 1.165) is 29.8 Å². The average molecular weight is 286 g/mol. The van der Waals surface area contributed by atoms with E-state index >= 15 is 0 Å². The van der Waals surface area contributed by atoms with Gasteiger partial charge in [0, 0.05) is 13.0 Å². The number of allylic oxidation sites excluding steroid dienone is 2. The van der Waals surface area contributed by atoms with Crippen LogP contribution in [0.3, 0.4) is 0 Å². The number of amides is 1. The van der Waals surface area contributed by atoms with Crippen LogP contribution in [-0.2, 0) is 11.3 Å². The third kappa shape index (κ3) is 2.75. The van der Waals surface area contributed by atoms with Crippen molar-refractivity contribution in [2.75, 3.05) is 7.05 Å². The highest BCUT2D eigenvalue weighted by molar-refractivity contribution is 7.18. The Kier molecular flexibility index (Phi) is 3.83. The minimum atomic E-state index is 0.152. The Bertz CT molecular complexity index is 614. The highest BCUT2D eigenvalue weighted by atomic mass is 32.1. The first-order valence-corrected chi connectivity index (χ1v) is 7.80. The first-order valence-electron chi connectivity index (χ1n) is 6.98. The van der Waals surface area contributed by atoms with Gasteiger partial charge in [0.15, 0.2) is 0 Å². The summed E-state index contributed by atoms with van der Waals surface area (Å²) in [6, 6.07) is 8.11. The van der Waals surface area contributed by atoms with Gasteiger partial charge in [-0.05, 0) is 31.4 Å². The minimum absolute atomic E-state index is 0.152. The van der Waals surface area contributed by atoms with E-state index < -0.39 is 0 Å². The molecule has 4 heteroatoms. The van der Waals surface area contributed by atoms with E-state index in [-0.39, 0.29) is 11.8 Å². The predicted molar refractivity (Wildman–Crippen MR) is 82.6 cm³/mol. The SMILES string of the molecule is CN(Cc1nc2ccccc2s1)C(=O)[C@H]1CC=CCC1. The number of fused-ring (bicyclic) bond motifs is 1. The van der Waals surface area contributed by atoms with E-state index in [4.69, 9.17) is 0 Å². The molecule has 1 heterocycles. The van der Waals surface area contributed by atoms with Gasteiger partial charge in [0.2, 0.25) is 5.91 Å². The van der Waals surface area contributed by atoms with Gasteiger partial charge >= 0.3 is 0 Å². The summed E-state index contributed by atoms with van der Waals surface area (Å²) < 4.78 is 1.18. The van der Waals surface area contributed by atoms with Crippen LogP contribution in [0.2, 0.25) is 0 Å². The molecule has 0 bridgehead atoms. The standard InChI is InChI=1S/C16H18N2OS/c1-18(16(19)12-7-3-2-4-8-12)11-15-17-13-9-5-6-10-14(13)20-15/h2-3,5-6,9-10,12H,4,7-8,11H2,1H3/t12-/m0/s1. The molecule has 3 nitrogen and oxygen atoms in total. The molecule has 1 amide bonds. The Hall–Kier alpha value is -1.68. The number of thiazole rings is 1. The molecule has 0 spiro atoms. The summed E-state index contributed by atoms with van der Waals surface area (Å²) in [4.78, 5) is 18.8. The summed E-state index contributed by atoms with van der Waals surface area (Å²) in [5.41, 5.74) is 1.02. The molecule has 1 aromatic carbocycles. The van der Waals surface area contributed by atoms with Crippen LogP contribution in [0.15, 0.2) is 36.4 Å². The van der Waals surface area contributed by atoms with E-state index in [0.29, 0.717) is 6.54 Å². The van der Waals surface area contributed by atoms with Crippen LogP contribution < -0.4 is 0 Å². The van der Waals surface area contributed by atoms with Crippen molar-refractivity contribution in [3.63, 3.8) is 0 Å². The third-order valence-electron chi connectivity index (χ3n) is 3.71. The van der Waals surface area contributed by atoms with Gasteiger partial charge in [-0.1, -0.05) is 24.3 Å². The molecule has 1 aromatic heterocycles. The van der Waals surface area contributed by atoms with E-state index in [1.54, 1.807) is 11.3 Å². The van der Waals surface area contributed by atoms with Gasteiger partial charge in [0.1, 0.15) is 5.01 Å². The molecule has 1 aliphatic rings. The summed E-state index contributed by atoms with van der Waals surface area (Å²) >= 11 is 1.67. The fraction of sp³-hybridized carbons (Fsp3) is 0.375. The Morgan fingerprint density at radius 1 is 1.40 bits per heavy atom. The van der Waals surface area contributed by atoms with Crippen molar-refractivity contribution >= 4 is 27.5 Å². The Morgan fingerprint density at radius 2 is 2.25 bits per heavy atom. The largest absolute Gasteiger partial charge is 0.339 e. The number of nitrogens with zero attached hydrogens (tertiary/aromatic N) is 2. The average Bonchev–Trinajstić information content (AvgIpc) is 2.89. The van der Waals surface area contributed by atoms with Crippen molar-refractivity contribution in [2.24, 2.45) is 5.92 Å². The molecule has 104 valence electrons. The van der Waals surface area contributed by atoms with Gasteiger partial charge in [-0.3, -0.25) is 4.79 Å². The van der Waals surface area contributed by atoms with E-state index in [2.05, 4.69) is 23.2 Å². The molecule has 0 N–H and O–H groups in total. The first-order chi connectivity index (χ1) is 9.74. The van der Waals surface area contributed by atoms with Crippen LogP contribution in [0.4, 0.5) is 0 Å². The van der Waals surface area contributed by atoms with E-state index in [1.807, 2.05) is 30.1 Å². The Balaban J connectivity index is 1.70. The number of hydrogen-bond donors (Lipinski definition) is 0. The van der Waals surface area contributed by atoms with Crippen molar-refractivity contribution in [3.8, 4) is 0 Å². The molecule has 0 aliphatic heterocycles. The lowest BCUT2D eigenvalue weighted by Crippen LogP contribution is -2.32. The van der Waals surface area contributed by atoms with Crippen LogP contribution in [0.5, 0.6) is 0 Å². The topological polar surface area (TPSA) is 33.2 Å². The summed E-state index contributed by atoms with van der Waals surface area (Å²) in [5, 5.41) is 1.01. The highest BCUT2D eigenvalue weighted by Gasteiger charge is 2.22.